The quantitative estimate of drug-likeness (QED) is 0.590. The van der Waals surface area contributed by atoms with E-state index in [9.17, 15) is 4.79 Å². The van der Waals surface area contributed by atoms with Gasteiger partial charge in [-0.25, -0.2) is 4.98 Å². The van der Waals surface area contributed by atoms with Gasteiger partial charge in [-0.2, -0.15) is 0 Å². The van der Waals surface area contributed by atoms with Crippen molar-refractivity contribution < 1.29 is 4.79 Å². The first kappa shape index (κ1) is 16.1. The summed E-state index contributed by atoms with van der Waals surface area (Å²) in [7, 11) is 0. The Morgan fingerprint density at radius 2 is 1.69 bits per heavy atom. The summed E-state index contributed by atoms with van der Waals surface area (Å²) in [5, 5.41) is 2.91. The normalized spacial score (nSPS) is 11.0. The molecule has 0 radical (unpaired) electrons. The third-order valence-electron chi connectivity index (χ3n) is 4.51. The molecular weight excluding hydrogens is 324 g/mol. The second-order valence-electron chi connectivity index (χ2n) is 6.38. The van der Waals surface area contributed by atoms with Crippen molar-refractivity contribution in [1.29, 1.82) is 0 Å². The van der Waals surface area contributed by atoms with Gasteiger partial charge in [-0.1, -0.05) is 12.1 Å². The van der Waals surface area contributed by atoms with Crippen LogP contribution in [0.1, 0.15) is 27.6 Å². The summed E-state index contributed by atoms with van der Waals surface area (Å²) in [6.45, 7) is 4.51. The fourth-order valence-electron chi connectivity index (χ4n) is 3.19. The zero-order chi connectivity index (χ0) is 18.1. The van der Waals surface area contributed by atoms with Gasteiger partial charge < -0.3 is 14.9 Å². The maximum absolute atomic E-state index is 12.4. The van der Waals surface area contributed by atoms with Gasteiger partial charge in [0.1, 0.15) is 5.82 Å². The molecule has 0 aliphatic rings. The van der Waals surface area contributed by atoms with Crippen LogP contribution in [0.4, 0.5) is 0 Å². The SMILES string of the molecule is Cc1ccc(C)n1-c1ccc(C(=O)NCc2nc3ccccc3[nH]2)cc1. The van der Waals surface area contributed by atoms with Crippen molar-refractivity contribution in [3.05, 3.63) is 83.4 Å². The van der Waals surface area contributed by atoms with Gasteiger partial charge in [0, 0.05) is 22.6 Å². The molecule has 0 bridgehead atoms. The van der Waals surface area contributed by atoms with E-state index in [-0.39, 0.29) is 5.91 Å². The largest absolute Gasteiger partial charge is 0.345 e. The van der Waals surface area contributed by atoms with E-state index in [1.807, 2.05) is 48.5 Å². The average molecular weight is 344 g/mol. The number of hydrogen-bond donors (Lipinski definition) is 2. The molecule has 0 unspecified atom stereocenters. The minimum atomic E-state index is -0.113. The van der Waals surface area contributed by atoms with Crippen LogP contribution in [0.15, 0.2) is 60.7 Å². The topological polar surface area (TPSA) is 62.7 Å². The lowest BCUT2D eigenvalue weighted by atomic mass is 10.2. The Hall–Kier alpha value is -3.34. The number of aromatic nitrogens is 3. The van der Waals surface area contributed by atoms with E-state index in [0.717, 1.165) is 22.5 Å². The Kier molecular flexibility index (Phi) is 4.05. The average Bonchev–Trinajstić information content (AvgIpc) is 3.22. The van der Waals surface area contributed by atoms with E-state index < -0.39 is 0 Å². The number of rotatable bonds is 4. The van der Waals surface area contributed by atoms with Crippen molar-refractivity contribution in [2.75, 3.05) is 0 Å². The Morgan fingerprint density at radius 3 is 2.38 bits per heavy atom. The molecule has 2 aromatic heterocycles. The maximum Gasteiger partial charge on any atom is 0.251 e. The van der Waals surface area contributed by atoms with Gasteiger partial charge in [0.25, 0.3) is 5.91 Å². The molecule has 0 spiro atoms. The number of H-pyrrole nitrogens is 1. The molecule has 0 aliphatic heterocycles. The van der Waals surface area contributed by atoms with Crippen LogP contribution < -0.4 is 5.32 Å². The molecule has 1 amide bonds. The Balaban J connectivity index is 1.46. The number of para-hydroxylation sites is 2. The van der Waals surface area contributed by atoms with Gasteiger partial charge in [0.15, 0.2) is 0 Å². The lowest BCUT2D eigenvalue weighted by molar-refractivity contribution is 0.0950. The van der Waals surface area contributed by atoms with Crippen LogP contribution in [-0.2, 0) is 6.54 Å². The predicted molar refractivity (Wildman–Crippen MR) is 103 cm³/mol. The fourth-order valence-corrected chi connectivity index (χ4v) is 3.19. The minimum Gasteiger partial charge on any atom is -0.345 e. The number of carbonyl (C=O) groups excluding carboxylic acids is 1. The van der Waals surface area contributed by atoms with Gasteiger partial charge in [-0.15, -0.1) is 0 Å². The van der Waals surface area contributed by atoms with Gasteiger partial charge in [0.2, 0.25) is 0 Å². The van der Waals surface area contributed by atoms with E-state index in [1.54, 1.807) is 0 Å². The van der Waals surface area contributed by atoms with E-state index in [1.165, 1.54) is 11.4 Å². The fraction of sp³-hybridized carbons (Fsp3) is 0.143. The van der Waals surface area contributed by atoms with Crippen LogP contribution in [-0.4, -0.2) is 20.4 Å². The highest BCUT2D eigenvalue weighted by atomic mass is 16.1. The number of aryl methyl sites for hydroxylation is 2. The number of imidazole rings is 1. The zero-order valence-corrected chi connectivity index (χ0v) is 14.8. The van der Waals surface area contributed by atoms with Gasteiger partial charge in [0.05, 0.1) is 17.6 Å². The van der Waals surface area contributed by atoms with Crippen molar-refractivity contribution in [3.63, 3.8) is 0 Å². The van der Waals surface area contributed by atoms with Crippen molar-refractivity contribution in [3.8, 4) is 5.69 Å². The number of amides is 1. The molecule has 130 valence electrons. The smallest absolute Gasteiger partial charge is 0.251 e. The molecule has 0 aliphatic carbocycles. The van der Waals surface area contributed by atoms with Gasteiger partial charge in [-0.3, -0.25) is 4.79 Å². The second-order valence-corrected chi connectivity index (χ2v) is 6.38. The number of benzene rings is 2. The molecule has 2 heterocycles. The monoisotopic (exact) mass is 344 g/mol. The Morgan fingerprint density at radius 1 is 1.00 bits per heavy atom. The van der Waals surface area contributed by atoms with Crippen LogP contribution in [0, 0.1) is 13.8 Å². The molecule has 26 heavy (non-hydrogen) atoms. The van der Waals surface area contributed by atoms with Crippen LogP contribution in [0.3, 0.4) is 0 Å². The summed E-state index contributed by atoms with van der Waals surface area (Å²) in [6.07, 6.45) is 0. The summed E-state index contributed by atoms with van der Waals surface area (Å²) < 4.78 is 2.16. The highest BCUT2D eigenvalue weighted by Gasteiger charge is 2.09. The van der Waals surface area contributed by atoms with E-state index in [2.05, 4.69) is 45.8 Å². The summed E-state index contributed by atoms with van der Waals surface area (Å²) >= 11 is 0. The van der Waals surface area contributed by atoms with E-state index >= 15 is 0 Å². The Bertz CT molecular complexity index is 1020. The minimum absolute atomic E-state index is 0.113. The molecule has 0 saturated heterocycles. The molecule has 5 heteroatoms. The van der Waals surface area contributed by atoms with Gasteiger partial charge in [-0.05, 0) is 62.4 Å². The first-order valence-electron chi connectivity index (χ1n) is 8.59. The first-order valence-corrected chi connectivity index (χ1v) is 8.59. The van der Waals surface area contributed by atoms with Crippen LogP contribution in [0.5, 0.6) is 0 Å². The van der Waals surface area contributed by atoms with Crippen LogP contribution in [0.2, 0.25) is 0 Å². The number of carbonyl (C=O) groups is 1. The molecule has 0 atom stereocenters. The summed E-state index contributed by atoms with van der Waals surface area (Å²) in [5.74, 6) is 0.632. The van der Waals surface area contributed by atoms with Gasteiger partial charge >= 0.3 is 0 Å². The number of fused-ring (bicyclic) bond motifs is 1. The highest BCUT2D eigenvalue weighted by Crippen LogP contribution is 2.17. The lowest BCUT2D eigenvalue weighted by Crippen LogP contribution is -2.23. The first-order chi connectivity index (χ1) is 12.6. The molecule has 0 fully saturated rings. The molecule has 4 aromatic rings. The van der Waals surface area contributed by atoms with E-state index in [4.69, 9.17) is 0 Å². The number of nitrogens with zero attached hydrogens (tertiary/aromatic N) is 2. The number of hydrogen-bond acceptors (Lipinski definition) is 2. The Labute approximate surface area is 151 Å². The summed E-state index contributed by atoms with van der Waals surface area (Å²) in [6, 6.07) is 19.6. The van der Waals surface area contributed by atoms with Crippen LogP contribution >= 0.6 is 0 Å². The zero-order valence-electron chi connectivity index (χ0n) is 14.8. The standard InChI is InChI=1S/C21H20N4O/c1-14-7-8-15(2)25(14)17-11-9-16(10-12-17)21(26)22-13-20-23-18-5-3-4-6-19(18)24-20/h3-12H,13H2,1-2H3,(H,22,26)(H,23,24). The highest BCUT2D eigenvalue weighted by molar-refractivity contribution is 5.94. The molecule has 2 aromatic carbocycles. The predicted octanol–water partition coefficient (Wildman–Crippen LogP) is 3.90. The maximum atomic E-state index is 12.4. The number of aromatic amines is 1. The summed E-state index contributed by atoms with van der Waals surface area (Å²) in [5.41, 5.74) is 5.90. The molecule has 2 N–H and O–H groups in total. The van der Waals surface area contributed by atoms with Crippen molar-refractivity contribution in [2.24, 2.45) is 0 Å². The van der Waals surface area contributed by atoms with Crippen LogP contribution in [0.25, 0.3) is 16.7 Å². The third-order valence-corrected chi connectivity index (χ3v) is 4.51. The van der Waals surface area contributed by atoms with Crippen molar-refractivity contribution in [2.45, 2.75) is 20.4 Å². The van der Waals surface area contributed by atoms with E-state index in [0.29, 0.717) is 12.1 Å². The summed E-state index contributed by atoms with van der Waals surface area (Å²) in [4.78, 5) is 20.1. The van der Waals surface area contributed by atoms with Crippen molar-refractivity contribution >= 4 is 16.9 Å². The third kappa shape index (κ3) is 2.99. The molecule has 4 rings (SSSR count). The molecular formula is C21H20N4O. The number of nitrogens with one attached hydrogen (secondary N) is 2. The van der Waals surface area contributed by atoms with Crippen molar-refractivity contribution in [1.82, 2.24) is 19.9 Å². The molecule has 5 nitrogen and oxygen atoms in total. The second kappa shape index (κ2) is 6.52. The molecule has 0 saturated carbocycles. The lowest BCUT2D eigenvalue weighted by Gasteiger charge is -2.10.